The molecule has 11 nitrogen and oxygen atoms in total. The summed E-state index contributed by atoms with van der Waals surface area (Å²) in [5.41, 5.74) is 4.17. The molecule has 1 amide bonds. The first-order valence-electron chi connectivity index (χ1n) is 14.0. The van der Waals surface area contributed by atoms with Crippen molar-refractivity contribution in [3.8, 4) is 5.82 Å². The second kappa shape index (κ2) is 13.5. The first-order valence-corrected chi connectivity index (χ1v) is 14.0. The van der Waals surface area contributed by atoms with E-state index in [1.165, 1.54) is 12.5 Å². The van der Waals surface area contributed by atoms with E-state index in [4.69, 9.17) is 4.74 Å². The van der Waals surface area contributed by atoms with Gasteiger partial charge in [-0.3, -0.25) is 19.1 Å². The third-order valence-electron chi connectivity index (χ3n) is 7.08. The minimum atomic E-state index is -0.539. The van der Waals surface area contributed by atoms with Crippen LogP contribution in [0.1, 0.15) is 40.2 Å². The molecule has 3 N–H and O–H groups in total. The Morgan fingerprint density at radius 2 is 1.90 bits per heavy atom. The van der Waals surface area contributed by atoms with E-state index in [0.29, 0.717) is 28.6 Å². The van der Waals surface area contributed by atoms with Crippen LogP contribution >= 0.6 is 0 Å². The van der Waals surface area contributed by atoms with E-state index in [1.807, 2.05) is 44.2 Å². The molecule has 1 aliphatic heterocycles. The highest BCUT2D eigenvalue weighted by Crippen LogP contribution is 2.27. The number of alkyl halides is 1. The van der Waals surface area contributed by atoms with E-state index in [0.717, 1.165) is 62.2 Å². The monoisotopic (exact) mass is 573 g/mol. The molecule has 1 unspecified atom stereocenters. The number of aromatic nitrogens is 5. The van der Waals surface area contributed by atoms with Crippen LogP contribution in [-0.4, -0.2) is 81.6 Å². The number of hydrogen-bond acceptors (Lipinski definition) is 9. The minimum Gasteiger partial charge on any atom is -0.379 e. The minimum absolute atomic E-state index is 0.296. The van der Waals surface area contributed by atoms with Gasteiger partial charge in [0.2, 0.25) is 0 Å². The second-order valence-electron chi connectivity index (χ2n) is 10.4. The second-order valence-corrected chi connectivity index (χ2v) is 10.4. The summed E-state index contributed by atoms with van der Waals surface area (Å²) in [5.74, 6) is 1.38. The Kier molecular flexibility index (Phi) is 9.35. The molecule has 42 heavy (non-hydrogen) atoms. The number of rotatable bonds is 11. The fourth-order valence-electron chi connectivity index (χ4n) is 4.60. The molecule has 5 rings (SSSR count). The zero-order valence-corrected chi connectivity index (χ0v) is 24.1. The molecule has 0 saturated carbocycles. The Morgan fingerprint density at radius 3 is 2.71 bits per heavy atom. The van der Waals surface area contributed by atoms with Gasteiger partial charge in [-0.1, -0.05) is 13.0 Å². The highest BCUT2D eigenvalue weighted by molar-refractivity contribution is 6.04. The van der Waals surface area contributed by atoms with Crippen molar-refractivity contribution in [2.24, 2.45) is 0 Å². The number of ether oxygens (including phenoxy) is 1. The van der Waals surface area contributed by atoms with Crippen LogP contribution in [0.15, 0.2) is 55.0 Å². The molecule has 12 heteroatoms. The van der Waals surface area contributed by atoms with Crippen LogP contribution in [0.4, 0.5) is 27.4 Å². The lowest BCUT2D eigenvalue weighted by atomic mass is 10.1. The maximum Gasteiger partial charge on any atom is 0.255 e. The molecule has 0 radical (unpaired) electrons. The van der Waals surface area contributed by atoms with Crippen molar-refractivity contribution in [2.45, 2.75) is 26.7 Å². The summed E-state index contributed by atoms with van der Waals surface area (Å²) in [5, 5.41) is 14.4. The van der Waals surface area contributed by atoms with Crippen molar-refractivity contribution in [3.05, 3.63) is 77.5 Å². The molecular weight excluding hydrogens is 537 g/mol. The molecule has 0 spiro atoms. The zero-order valence-electron chi connectivity index (χ0n) is 24.1. The van der Waals surface area contributed by atoms with Crippen LogP contribution in [0, 0.1) is 13.8 Å². The van der Waals surface area contributed by atoms with Gasteiger partial charge in [0.25, 0.3) is 5.91 Å². The number of halogens is 1. The maximum atomic E-state index is 13.1. The van der Waals surface area contributed by atoms with Gasteiger partial charge in [0, 0.05) is 73.1 Å². The average molecular weight is 574 g/mol. The predicted octanol–water partition coefficient (Wildman–Crippen LogP) is 4.49. The third kappa shape index (κ3) is 7.25. The van der Waals surface area contributed by atoms with Gasteiger partial charge < -0.3 is 20.7 Å². The van der Waals surface area contributed by atoms with Crippen molar-refractivity contribution >= 4 is 28.9 Å². The molecule has 4 heterocycles. The topological polar surface area (TPSA) is 122 Å². The maximum absolute atomic E-state index is 13.1. The first-order chi connectivity index (χ1) is 20.4. The lowest BCUT2D eigenvalue weighted by molar-refractivity contribution is 0.0398. The Balaban J connectivity index is 1.29. The average Bonchev–Trinajstić information content (AvgIpc) is 3.38. The van der Waals surface area contributed by atoms with E-state index >= 15 is 0 Å². The van der Waals surface area contributed by atoms with Gasteiger partial charge in [-0.05, 0) is 43.7 Å². The number of carbonyl (C=O) groups is 1. The van der Waals surface area contributed by atoms with Crippen LogP contribution in [0.2, 0.25) is 0 Å². The standard InChI is InChI=1S/C30H36FN9O2/c1-20-4-5-24(36-30(41)23-6-7-32-25(15-23)21(2)18-31)16-26(20)37-29-14-22(3)38-40(29)28-17-27(34-19-35-28)33-8-9-39-10-12-42-13-11-39/h4-7,14-17,19,21,37H,8-13,18H2,1-3H3,(H,36,41)(H,33,34,35). The molecule has 1 aromatic carbocycles. The fourth-order valence-corrected chi connectivity index (χ4v) is 4.60. The van der Waals surface area contributed by atoms with Gasteiger partial charge in [-0.2, -0.15) is 9.78 Å². The van der Waals surface area contributed by atoms with Gasteiger partial charge in [0.15, 0.2) is 5.82 Å². The van der Waals surface area contributed by atoms with Gasteiger partial charge in [0.05, 0.1) is 25.6 Å². The number of amides is 1. The van der Waals surface area contributed by atoms with E-state index in [-0.39, 0.29) is 11.8 Å². The number of anilines is 4. The van der Waals surface area contributed by atoms with Crippen LogP contribution < -0.4 is 16.0 Å². The van der Waals surface area contributed by atoms with Crippen LogP contribution in [0.5, 0.6) is 0 Å². The van der Waals surface area contributed by atoms with Crippen molar-refractivity contribution in [2.75, 3.05) is 62.0 Å². The molecule has 1 fully saturated rings. The summed E-state index contributed by atoms with van der Waals surface area (Å²) in [6.45, 7) is 10.2. The number of hydrogen-bond donors (Lipinski definition) is 3. The first kappa shape index (κ1) is 29.1. The highest BCUT2D eigenvalue weighted by Gasteiger charge is 2.15. The van der Waals surface area contributed by atoms with Crippen molar-refractivity contribution in [3.63, 3.8) is 0 Å². The summed E-state index contributed by atoms with van der Waals surface area (Å²) < 4.78 is 20.3. The van der Waals surface area contributed by atoms with Crippen LogP contribution in [0.3, 0.4) is 0 Å². The molecule has 3 aromatic heterocycles. The lowest BCUT2D eigenvalue weighted by Crippen LogP contribution is -2.39. The quantitative estimate of drug-likeness (QED) is 0.238. The van der Waals surface area contributed by atoms with Crippen LogP contribution in [-0.2, 0) is 4.74 Å². The smallest absolute Gasteiger partial charge is 0.255 e. The number of nitrogens with one attached hydrogen (secondary N) is 3. The summed E-state index contributed by atoms with van der Waals surface area (Å²) in [6, 6.07) is 12.7. The van der Waals surface area contributed by atoms with Gasteiger partial charge >= 0.3 is 0 Å². The summed E-state index contributed by atoms with van der Waals surface area (Å²) in [6.07, 6.45) is 3.05. The zero-order chi connectivity index (χ0) is 29.5. The van der Waals surface area contributed by atoms with E-state index < -0.39 is 6.67 Å². The summed E-state index contributed by atoms with van der Waals surface area (Å²) >= 11 is 0. The van der Waals surface area contributed by atoms with Gasteiger partial charge in [-0.25, -0.2) is 9.97 Å². The third-order valence-corrected chi connectivity index (χ3v) is 7.08. The molecule has 4 aromatic rings. The van der Waals surface area contributed by atoms with E-state index in [9.17, 15) is 9.18 Å². The predicted molar refractivity (Wildman–Crippen MR) is 161 cm³/mol. The SMILES string of the molecule is Cc1cc(Nc2cc(NC(=O)c3ccnc(C(C)CF)c3)ccc2C)n(-c2cc(NCCN3CCOCC3)ncn2)n1. The number of aryl methyl sites for hydroxylation is 2. The fraction of sp³-hybridized carbons (Fsp3) is 0.367. The Morgan fingerprint density at radius 1 is 1.07 bits per heavy atom. The molecule has 1 atom stereocenters. The largest absolute Gasteiger partial charge is 0.379 e. The Bertz CT molecular complexity index is 1520. The lowest BCUT2D eigenvalue weighted by Gasteiger charge is -2.26. The Hall–Kier alpha value is -4.42. The highest BCUT2D eigenvalue weighted by atomic mass is 19.1. The van der Waals surface area contributed by atoms with Gasteiger partial charge in [-0.15, -0.1) is 0 Å². The number of pyridine rings is 1. The van der Waals surface area contributed by atoms with Gasteiger partial charge in [0.1, 0.15) is 18.0 Å². The molecule has 220 valence electrons. The molecule has 0 bridgehead atoms. The molecule has 0 aliphatic carbocycles. The molecule has 1 saturated heterocycles. The number of morpholine rings is 1. The van der Waals surface area contributed by atoms with Crippen molar-refractivity contribution in [1.29, 1.82) is 0 Å². The normalized spacial score (nSPS) is 14.4. The Labute approximate surface area is 244 Å². The summed E-state index contributed by atoms with van der Waals surface area (Å²) in [7, 11) is 0. The number of nitrogens with zero attached hydrogens (tertiary/aromatic N) is 6. The van der Waals surface area contributed by atoms with Crippen molar-refractivity contribution in [1.82, 2.24) is 29.6 Å². The summed E-state index contributed by atoms with van der Waals surface area (Å²) in [4.78, 5) is 28.4. The van der Waals surface area contributed by atoms with E-state index in [2.05, 4.69) is 40.9 Å². The van der Waals surface area contributed by atoms with E-state index in [1.54, 1.807) is 23.7 Å². The van der Waals surface area contributed by atoms with Crippen molar-refractivity contribution < 1.29 is 13.9 Å². The molecule has 1 aliphatic rings. The number of benzene rings is 1. The van der Waals surface area contributed by atoms with Crippen LogP contribution in [0.25, 0.3) is 5.82 Å². The molecular formula is C30H36FN9O2. The number of carbonyl (C=O) groups excluding carboxylic acids is 1.